The smallest absolute Gasteiger partial charge is 0.262 e. The first-order valence-corrected chi connectivity index (χ1v) is 6.86. The largest absolute Gasteiger partial charge is 0.484 e. The molecule has 2 rings (SSSR count). The van der Waals surface area contributed by atoms with Crippen LogP contribution in [-0.2, 0) is 11.2 Å². The Morgan fingerprint density at radius 1 is 1.19 bits per heavy atom. The summed E-state index contributed by atoms with van der Waals surface area (Å²) >= 11 is 0. The Kier molecular flexibility index (Phi) is 5.35. The molecule has 0 bridgehead atoms. The summed E-state index contributed by atoms with van der Waals surface area (Å²) in [4.78, 5) is 11.8. The van der Waals surface area contributed by atoms with Crippen LogP contribution in [-0.4, -0.2) is 24.2 Å². The topological polar surface area (TPSA) is 58.6 Å². The summed E-state index contributed by atoms with van der Waals surface area (Å²) in [7, 11) is 0. The number of hydrogen-bond acceptors (Lipinski definition) is 3. The van der Waals surface area contributed by atoms with E-state index in [2.05, 4.69) is 5.32 Å². The van der Waals surface area contributed by atoms with E-state index in [-0.39, 0.29) is 19.1 Å². The fraction of sp³-hybridized carbons (Fsp3) is 0.235. The van der Waals surface area contributed by atoms with Gasteiger partial charge in [0.1, 0.15) is 5.75 Å². The molecule has 2 N–H and O–H groups in total. The van der Waals surface area contributed by atoms with Crippen molar-refractivity contribution in [3.8, 4) is 5.75 Å². The molecule has 0 aromatic heterocycles. The van der Waals surface area contributed by atoms with Gasteiger partial charge in [0.15, 0.2) is 6.61 Å². The molecular formula is C17H19NO3. The number of nitrogens with one attached hydrogen (secondary N) is 1. The fourth-order valence-corrected chi connectivity index (χ4v) is 1.93. The molecule has 0 saturated carbocycles. The van der Waals surface area contributed by atoms with E-state index in [1.807, 2.05) is 55.5 Å². The Balaban J connectivity index is 1.84. The van der Waals surface area contributed by atoms with Crippen molar-refractivity contribution in [2.75, 3.05) is 18.5 Å². The predicted molar refractivity (Wildman–Crippen MR) is 82.5 cm³/mol. The van der Waals surface area contributed by atoms with Gasteiger partial charge in [-0.15, -0.1) is 0 Å². The lowest BCUT2D eigenvalue weighted by Gasteiger charge is -2.08. The molecule has 0 aliphatic heterocycles. The summed E-state index contributed by atoms with van der Waals surface area (Å²) in [6, 6.07) is 15.0. The minimum absolute atomic E-state index is 0.0259. The van der Waals surface area contributed by atoms with Crippen molar-refractivity contribution in [2.45, 2.75) is 13.3 Å². The number of hydrogen-bond donors (Lipinski definition) is 2. The first-order chi connectivity index (χ1) is 10.2. The summed E-state index contributed by atoms with van der Waals surface area (Å²) < 4.78 is 5.44. The van der Waals surface area contributed by atoms with Crippen molar-refractivity contribution >= 4 is 11.6 Å². The van der Waals surface area contributed by atoms with Crippen LogP contribution in [0.2, 0.25) is 0 Å². The molecule has 110 valence electrons. The van der Waals surface area contributed by atoms with Crippen molar-refractivity contribution in [3.05, 3.63) is 59.7 Å². The Hall–Kier alpha value is -2.33. The van der Waals surface area contributed by atoms with Crippen LogP contribution in [0.4, 0.5) is 5.69 Å². The third-order valence-electron chi connectivity index (χ3n) is 3.00. The van der Waals surface area contributed by atoms with Crippen LogP contribution in [0.5, 0.6) is 5.75 Å². The molecule has 0 heterocycles. The van der Waals surface area contributed by atoms with E-state index in [0.717, 1.165) is 16.8 Å². The van der Waals surface area contributed by atoms with Gasteiger partial charge in [-0.05, 0) is 48.7 Å². The molecule has 0 fully saturated rings. The molecule has 2 aromatic rings. The van der Waals surface area contributed by atoms with E-state index in [1.165, 1.54) is 0 Å². The number of aliphatic hydroxyl groups excluding tert-OH is 1. The van der Waals surface area contributed by atoms with Gasteiger partial charge in [-0.2, -0.15) is 0 Å². The minimum Gasteiger partial charge on any atom is -0.484 e. The second-order valence-electron chi connectivity index (χ2n) is 4.82. The second-order valence-corrected chi connectivity index (χ2v) is 4.82. The van der Waals surface area contributed by atoms with Gasteiger partial charge >= 0.3 is 0 Å². The summed E-state index contributed by atoms with van der Waals surface area (Å²) in [5.41, 5.74) is 2.84. The van der Waals surface area contributed by atoms with Gasteiger partial charge in [0.25, 0.3) is 5.91 Å². The molecular weight excluding hydrogens is 266 g/mol. The van der Waals surface area contributed by atoms with Crippen LogP contribution < -0.4 is 10.1 Å². The molecule has 4 nitrogen and oxygen atoms in total. The average molecular weight is 285 g/mol. The molecule has 1 amide bonds. The fourth-order valence-electron chi connectivity index (χ4n) is 1.93. The number of aryl methyl sites for hydroxylation is 1. The number of carbonyl (C=O) groups excluding carboxylic acids is 1. The number of ether oxygens (including phenoxy) is 1. The maximum Gasteiger partial charge on any atom is 0.262 e. The van der Waals surface area contributed by atoms with Crippen LogP contribution in [0.25, 0.3) is 0 Å². The number of aliphatic hydroxyl groups is 1. The van der Waals surface area contributed by atoms with Gasteiger partial charge in [0.2, 0.25) is 0 Å². The molecule has 0 atom stereocenters. The highest BCUT2D eigenvalue weighted by atomic mass is 16.5. The lowest BCUT2D eigenvalue weighted by molar-refractivity contribution is -0.118. The molecule has 0 unspecified atom stereocenters. The van der Waals surface area contributed by atoms with Gasteiger partial charge in [-0.3, -0.25) is 4.79 Å². The maximum absolute atomic E-state index is 11.8. The van der Waals surface area contributed by atoms with Crippen molar-refractivity contribution in [1.82, 2.24) is 0 Å². The van der Waals surface area contributed by atoms with Crippen LogP contribution in [0, 0.1) is 6.92 Å². The molecule has 4 heteroatoms. The number of benzene rings is 2. The van der Waals surface area contributed by atoms with Crippen LogP contribution >= 0.6 is 0 Å². The summed E-state index contributed by atoms with van der Waals surface area (Å²) in [5, 5.41) is 11.6. The van der Waals surface area contributed by atoms with Crippen LogP contribution in [0.1, 0.15) is 11.1 Å². The van der Waals surface area contributed by atoms with Crippen molar-refractivity contribution in [1.29, 1.82) is 0 Å². The SMILES string of the molecule is Cc1cccc(OCC(=O)Nc2ccc(CCO)cc2)c1. The number of amides is 1. The quantitative estimate of drug-likeness (QED) is 0.857. The van der Waals surface area contributed by atoms with E-state index in [4.69, 9.17) is 9.84 Å². The van der Waals surface area contributed by atoms with Crippen LogP contribution in [0.3, 0.4) is 0 Å². The standard InChI is InChI=1S/C17H19NO3/c1-13-3-2-4-16(11-13)21-12-17(20)18-15-7-5-14(6-8-15)9-10-19/h2-8,11,19H,9-10,12H2,1H3,(H,18,20). The van der Waals surface area contributed by atoms with E-state index in [9.17, 15) is 4.79 Å². The predicted octanol–water partition coefficient (Wildman–Crippen LogP) is 2.55. The first kappa shape index (κ1) is 15.1. The second kappa shape index (κ2) is 7.45. The number of anilines is 1. The monoisotopic (exact) mass is 285 g/mol. The van der Waals surface area contributed by atoms with Crippen molar-refractivity contribution < 1.29 is 14.6 Å². The van der Waals surface area contributed by atoms with Crippen LogP contribution in [0.15, 0.2) is 48.5 Å². The zero-order valence-electron chi connectivity index (χ0n) is 12.0. The third kappa shape index (κ3) is 4.93. The molecule has 0 spiro atoms. The zero-order chi connectivity index (χ0) is 15.1. The van der Waals surface area contributed by atoms with Gasteiger partial charge in [0, 0.05) is 12.3 Å². The highest BCUT2D eigenvalue weighted by Gasteiger charge is 2.04. The minimum atomic E-state index is -0.202. The molecule has 0 aliphatic carbocycles. The molecule has 21 heavy (non-hydrogen) atoms. The highest BCUT2D eigenvalue weighted by molar-refractivity contribution is 5.91. The van der Waals surface area contributed by atoms with Crippen molar-refractivity contribution in [2.24, 2.45) is 0 Å². The van der Waals surface area contributed by atoms with E-state index in [1.54, 1.807) is 0 Å². The summed E-state index contributed by atoms with van der Waals surface area (Å²) in [5.74, 6) is 0.481. The van der Waals surface area contributed by atoms with E-state index >= 15 is 0 Å². The highest BCUT2D eigenvalue weighted by Crippen LogP contribution is 2.13. The summed E-state index contributed by atoms with van der Waals surface area (Å²) in [6.45, 7) is 2.07. The van der Waals surface area contributed by atoms with E-state index < -0.39 is 0 Å². The Morgan fingerprint density at radius 3 is 2.62 bits per heavy atom. The van der Waals surface area contributed by atoms with Gasteiger partial charge in [-0.25, -0.2) is 0 Å². The lowest BCUT2D eigenvalue weighted by atomic mass is 10.1. The van der Waals surface area contributed by atoms with Gasteiger partial charge in [0.05, 0.1) is 0 Å². The lowest BCUT2D eigenvalue weighted by Crippen LogP contribution is -2.20. The molecule has 0 radical (unpaired) electrons. The van der Waals surface area contributed by atoms with Crippen molar-refractivity contribution in [3.63, 3.8) is 0 Å². The van der Waals surface area contributed by atoms with Gasteiger partial charge < -0.3 is 15.2 Å². The Labute approximate surface area is 124 Å². The Morgan fingerprint density at radius 2 is 1.95 bits per heavy atom. The normalized spacial score (nSPS) is 10.2. The molecule has 2 aromatic carbocycles. The molecule has 0 aliphatic rings. The number of rotatable bonds is 6. The Bertz CT molecular complexity index is 593. The van der Waals surface area contributed by atoms with Gasteiger partial charge in [-0.1, -0.05) is 24.3 Å². The van der Waals surface area contributed by atoms with E-state index in [0.29, 0.717) is 12.2 Å². The first-order valence-electron chi connectivity index (χ1n) is 6.86. The third-order valence-corrected chi connectivity index (χ3v) is 3.00. The summed E-state index contributed by atoms with van der Waals surface area (Å²) in [6.07, 6.45) is 0.616. The number of carbonyl (C=O) groups is 1. The average Bonchev–Trinajstić information content (AvgIpc) is 2.48. The maximum atomic E-state index is 11.8. The zero-order valence-corrected chi connectivity index (χ0v) is 12.0. The molecule has 0 saturated heterocycles.